The summed E-state index contributed by atoms with van der Waals surface area (Å²) in [5.74, 6) is 0. The molecule has 0 aliphatic carbocycles. The number of aromatic nitrogens is 1. The van der Waals surface area contributed by atoms with Crippen LogP contribution in [0.15, 0.2) is 115 Å². The molecule has 5 aromatic rings. The summed E-state index contributed by atoms with van der Waals surface area (Å²) < 4.78 is 0. The monoisotopic (exact) mass is 371 g/mol. The van der Waals surface area contributed by atoms with Gasteiger partial charge in [-0.25, -0.2) is 0 Å². The minimum atomic E-state index is 1.15. The first-order chi connectivity index (χ1) is 14.4. The zero-order valence-corrected chi connectivity index (χ0v) is 16.0. The number of aromatic amines is 1. The molecule has 0 bridgehead atoms. The number of benzene rings is 4. The van der Waals surface area contributed by atoms with Crippen molar-refractivity contribution < 1.29 is 0 Å². The van der Waals surface area contributed by atoms with Gasteiger partial charge in [0.2, 0.25) is 0 Å². The number of rotatable bonds is 4. The molecule has 1 aromatic heterocycles. The van der Waals surface area contributed by atoms with E-state index in [0.29, 0.717) is 0 Å². The summed E-state index contributed by atoms with van der Waals surface area (Å²) >= 11 is 0. The lowest BCUT2D eigenvalue weighted by molar-refractivity contribution is 1.44. The van der Waals surface area contributed by atoms with E-state index in [2.05, 4.69) is 126 Å². The van der Waals surface area contributed by atoms with Crippen LogP contribution >= 0.6 is 0 Å². The van der Waals surface area contributed by atoms with Crippen molar-refractivity contribution in [2.45, 2.75) is 0 Å². The van der Waals surface area contributed by atoms with Gasteiger partial charge in [-0.05, 0) is 34.4 Å². The molecule has 0 aliphatic rings. The topological polar surface area (TPSA) is 15.8 Å². The minimum absolute atomic E-state index is 1.15. The Morgan fingerprint density at radius 2 is 1.17 bits per heavy atom. The predicted octanol–water partition coefficient (Wildman–Crippen LogP) is 7.42. The number of H-pyrrole nitrogens is 1. The molecule has 29 heavy (non-hydrogen) atoms. The van der Waals surface area contributed by atoms with Gasteiger partial charge in [0.25, 0.3) is 0 Å². The second kappa shape index (κ2) is 7.65. The number of hydrogen-bond donors (Lipinski definition) is 1. The minimum Gasteiger partial charge on any atom is -0.354 e. The third kappa shape index (κ3) is 3.39. The molecule has 5 rings (SSSR count). The summed E-state index contributed by atoms with van der Waals surface area (Å²) in [6, 6.07) is 40.3. The number of fused-ring (bicyclic) bond motifs is 1. The van der Waals surface area contributed by atoms with Crippen LogP contribution in [0.5, 0.6) is 0 Å². The van der Waals surface area contributed by atoms with Crippen molar-refractivity contribution in [2.75, 3.05) is 0 Å². The number of nitrogens with one attached hydrogen (secondary N) is 1. The molecule has 1 heteroatoms. The molecule has 0 saturated carbocycles. The molecule has 0 atom stereocenters. The maximum Gasteiger partial charge on any atom is 0.0544 e. The lowest BCUT2D eigenvalue weighted by Gasteiger charge is -2.12. The number of para-hydroxylation sites is 1. The highest BCUT2D eigenvalue weighted by molar-refractivity contribution is 6.07. The van der Waals surface area contributed by atoms with Crippen LogP contribution in [0, 0.1) is 0 Å². The van der Waals surface area contributed by atoms with Crippen LogP contribution in [-0.4, -0.2) is 4.98 Å². The highest BCUT2D eigenvalue weighted by Gasteiger charge is 2.18. The third-order valence-corrected chi connectivity index (χ3v) is 5.23. The van der Waals surface area contributed by atoms with Crippen molar-refractivity contribution in [3.8, 4) is 11.3 Å². The first-order valence-corrected chi connectivity index (χ1v) is 9.89. The van der Waals surface area contributed by atoms with Gasteiger partial charge in [-0.1, -0.05) is 109 Å². The molecule has 0 saturated heterocycles. The third-order valence-electron chi connectivity index (χ3n) is 5.23. The van der Waals surface area contributed by atoms with Crippen LogP contribution in [-0.2, 0) is 0 Å². The van der Waals surface area contributed by atoms with Crippen LogP contribution in [0.3, 0.4) is 0 Å². The Morgan fingerprint density at radius 1 is 0.586 bits per heavy atom. The van der Waals surface area contributed by atoms with E-state index in [1.54, 1.807) is 0 Å². The Balaban J connectivity index is 1.84. The molecule has 0 fully saturated rings. The van der Waals surface area contributed by atoms with Gasteiger partial charge < -0.3 is 4.98 Å². The van der Waals surface area contributed by atoms with E-state index in [1.165, 1.54) is 33.2 Å². The molecule has 4 aromatic carbocycles. The SMILES string of the molecule is C(=C(\c1ccccc1)c1c(-c2ccccc2)[nH]c2ccccc12)/c1ccccc1. The van der Waals surface area contributed by atoms with Gasteiger partial charge in [0.05, 0.1) is 5.69 Å². The largest absolute Gasteiger partial charge is 0.354 e. The molecule has 0 amide bonds. The van der Waals surface area contributed by atoms with Gasteiger partial charge in [-0.15, -0.1) is 0 Å². The lowest BCUT2D eigenvalue weighted by atomic mass is 9.91. The fourth-order valence-electron chi connectivity index (χ4n) is 3.88. The molecule has 0 aliphatic heterocycles. The summed E-state index contributed by atoms with van der Waals surface area (Å²) in [5.41, 5.74) is 8.34. The fourth-order valence-corrected chi connectivity index (χ4v) is 3.88. The van der Waals surface area contributed by atoms with E-state index in [9.17, 15) is 0 Å². The van der Waals surface area contributed by atoms with E-state index in [-0.39, 0.29) is 0 Å². The first kappa shape index (κ1) is 17.3. The average Bonchev–Trinajstić information content (AvgIpc) is 3.19. The van der Waals surface area contributed by atoms with Gasteiger partial charge in [-0.2, -0.15) is 0 Å². The van der Waals surface area contributed by atoms with Gasteiger partial charge in [0.1, 0.15) is 0 Å². The van der Waals surface area contributed by atoms with Crippen LogP contribution in [0.1, 0.15) is 16.7 Å². The average molecular weight is 371 g/mol. The molecule has 1 heterocycles. The second-order valence-electron chi connectivity index (χ2n) is 7.12. The standard InChI is InChI=1S/C28H21N/c1-4-12-21(13-5-1)20-25(22-14-6-2-7-15-22)27-24-18-10-11-19-26(24)29-28(27)23-16-8-3-9-17-23/h1-20,29H/b25-20-. The smallest absolute Gasteiger partial charge is 0.0544 e. The summed E-state index contributed by atoms with van der Waals surface area (Å²) in [6.07, 6.45) is 2.29. The van der Waals surface area contributed by atoms with Crippen LogP contribution in [0.4, 0.5) is 0 Å². The quantitative estimate of drug-likeness (QED) is 0.316. The van der Waals surface area contributed by atoms with E-state index >= 15 is 0 Å². The van der Waals surface area contributed by atoms with Crippen molar-refractivity contribution >= 4 is 22.6 Å². The van der Waals surface area contributed by atoms with Gasteiger partial charge >= 0.3 is 0 Å². The predicted molar refractivity (Wildman–Crippen MR) is 124 cm³/mol. The molecule has 0 spiro atoms. The lowest BCUT2D eigenvalue weighted by Crippen LogP contribution is -1.91. The summed E-state index contributed by atoms with van der Waals surface area (Å²) in [6.45, 7) is 0. The molecule has 1 nitrogen and oxygen atoms in total. The highest BCUT2D eigenvalue weighted by Crippen LogP contribution is 2.39. The van der Waals surface area contributed by atoms with E-state index in [4.69, 9.17) is 0 Å². The molecular formula is C28H21N. The highest BCUT2D eigenvalue weighted by atomic mass is 14.7. The Kier molecular flexibility index (Phi) is 4.56. The molecule has 138 valence electrons. The van der Waals surface area contributed by atoms with E-state index in [0.717, 1.165) is 11.2 Å². The van der Waals surface area contributed by atoms with E-state index in [1.807, 2.05) is 0 Å². The number of hydrogen-bond acceptors (Lipinski definition) is 0. The maximum absolute atomic E-state index is 3.68. The van der Waals surface area contributed by atoms with Crippen molar-refractivity contribution in [3.63, 3.8) is 0 Å². The fraction of sp³-hybridized carbons (Fsp3) is 0. The zero-order valence-electron chi connectivity index (χ0n) is 16.0. The molecule has 0 radical (unpaired) electrons. The summed E-state index contributed by atoms with van der Waals surface area (Å²) in [5, 5.41) is 1.23. The van der Waals surface area contributed by atoms with Gasteiger partial charge in [-0.3, -0.25) is 0 Å². The second-order valence-corrected chi connectivity index (χ2v) is 7.12. The zero-order chi connectivity index (χ0) is 19.5. The van der Waals surface area contributed by atoms with E-state index < -0.39 is 0 Å². The van der Waals surface area contributed by atoms with Gasteiger partial charge in [0.15, 0.2) is 0 Å². The Bertz CT molecular complexity index is 1260. The Morgan fingerprint density at radius 3 is 1.90 bits per heavy atom. The molecule has 1 N–H and O–H groups in total. The van der Waals surface area contributed by atoms with Crippen LogP contribution in [0.25, 0.3) is 33.8 Å². The van der Waals surface area contributed by atoms with Crippen molar-refractivity contribution in [3.05, 3.63) is 132 Å². The normalized spacial score (nSPS) is 11.7. The van der Waals surface area contributed by atoms with Crippen molar-refractivity contribution in [2.24, 2.45) is 0 Å². The van der Waals surface area contributed by atoms with Crippen LogP contribution in [0.2, 0.25) is 0 Å². The summed E-state index contributed by atoms with van der Waals surface area (Å²) in [4.78, 5) is 3.68. The Labute approximate surface area is 171 Å². The maximum atomic E-state index is 3.68. The summed E-state index contributed by atoms with van der Waals surface area (Å²) in [7, 11) is 0. The van der Waals surface area contributed by atoms with Crippen molar-refractivity contribution in [1.29, 1.82) is 0 Å². The van der Waals surface area contributed by atoms with Crippen molar-refractivity contribution in [1.82, 2.24) is 4.98 Å². The molecule has 0 unspecified atom stereocenters. The van der Waals surface area contributed by atoms with Gasteiger partial charge in [0, 0.05) is 16.5 Å². The molecular weight excluding hydrogens is 350 g/mol. The first-order valence-electron chi connectivity index (χ1n) is 9.89. The van der Waals surface area contributed by atoms with Crippen LogP contribution < -0.4 is 0 Å². The Hall–Kier alpha value is -3.84.